The number of carbonyl (C=O) groups excluding carboxylic acids is 2. The Hall–Kier alpha value is -2.70. The number of aryl methyl sites for hydroxylation is 1. The minimum absolute atomic E-state index is 0.0130. The van der Waals surface area contributed by atoms with Gasteiger partial charge in [-0.05, 0) is 30.7 Å². The monoisotopic (exact) mass is 304 g/mol. The molecule has 1 aromatic carbocycles. The van der Waals surface area contributed by atoms with Crippen LogP contribution in [-0.4, -0.2) is 22.0 Å². The third-order valence-electron chi connectivity index (χ3n) is 2.92. The Morgan fingerprint density at radius 1 is 1.27 bits per heavy atom. The lowest BCUT2D eigenvalue weighted by Gasteiger charge is -2.08. The maximum absolute atomic E-state index is 13.5. The maximum Gasteiger partial charge on any atom is 0.276 e. The molecule has 0 atom stereocenters. The van der Waals surface area contributed by atoms with Crippen LogP contribution in [-0.2, 0) is 11.2 Å². The zero-order valence-electron chi connectivity index (χ0n) is 12.4. The molecular weight excluding hydrogens is 287 g/mol. The van der Waals surface area contributed by atoms with Crippen molar-refractivity contribution in [1.29, 1.82) is 0 Å². The topological polar surface area (TPSA) is 86.9 Å². The summed E-state index contributed by atoms with van der Waals surface area (Å²) in [4.78, 5) is 23.1. The van der Waals surface area contributed by atoms with Crippen molar-refractivity contribution >= 4 is 23.2 Å². The molecule has 0 radical (unpaired) electrons. The van der Waals surface area contributed by atoms with E-state index in [1.807, 2.05) is 6.92 Å². The van der Waals surface area contributed by atoms with Crippen molar-refractivity contribution in [3.63, 3.8) is 0 Å². The van der Waals surface area contributed by atoms with Crippen LogP contribution in [0.4, 0.5) is 15.8 Å². The lowest BCUT2D eigenvalue weighted by Crippen LogP contribution is -2.13. The average Bonchev–Trinajstić information content (AvgIpc) is 2.91. The van der Waals surface area contributed by atoms with E-state index in [2.05, 4.69) is 20.8 Å². The molecule has 1 aromatic heterocycles. The molecule has 2 rings (SSSR count). The Labute approximate surface area is 127 Å². The molecule has 0 fully saturated rings. The average molecular weight is 304 g/mol. The van der Waals surface area contributed by atoms with E-state index in [-0.39, 0.29) is 17.3 Å². The van der Waals surface area contributed by atoms with Crippen LogP contribution in [0.3, 0.4) is 0 Å². The van der Waals surface area contributed by atoms with Gasteiger partial charge >= 0.3 is 0 Å². The van der Waals surface area contributed by atoms with E-state index in [0.29, 0.717) is 5.69 Å². The summed E-state index contributed by atoms with van der Waals surface area (Å²) in [6, 6.07) is 5.62. The number of aromatic amines is 1. The third kappa shape index (κ3) is 3.91. The molecular formula is C15H17FN4O2. The summed E-state index contributed by atoms with van der Waals surface area (Å²) >= 11 is 0. The van der Waals surface area contributed by atoms with Crippen molar-refractivity contribution in [1.82, 2.24) is 10.2 Å². The number of anilines is 2. The number of rotatable bonds is 5. The Bertz CT molecular complexity index is 697. The van der Waals surface area contributed by atoms with Gasteiger partial charge in [-0.25, -0.2) is 4.39 Å². The highest BCUT2D eigenvalue weighted by Gasteiger charge is 2.12. The van der Waals surface area contributed by atoms with Gasteiger partial charge in [-0.1, -0.05) is 13.3 Å². The normalized spacial score (nSPS) is 10.3. The number of benzene rings is 1. The SMILES string of the molecule is CCCc1cc(C(=O)Nc2ccc(F)c(NC(C)=O)c2)n[nH]1. The van der Waals surface area contributed by atoms with Crippen LogP contribution < -0.4 is 10.6 Å². The highest BCUT2D eigenvalue weighted by atomic mass is 19.1. The van der Waals surface area contributed by atoms with Crippen LogP contribution in [0.2, 0.25) is 0 Å². The fraction of sp³-hybridized carbons (Fsp3) is 0.267. The number of carbonyl (C=O) groups is 2. The van der Waals surface area contributed by atoms with Crippen LogP contribution in [0, 0.1) is 5.82 Å². The molecule has 0 spiro atoms. The van der Waals surface area contributed by atoms with E-state index < -0.39 is 11.7 Å². The Morgan fingerprint density at radius 3 is 2.73 bits per heavy atom. The van der Waals surface area contributed by atoms with Gasteiger partial charge in [0.2, 0.25) is 5.91 Å². The number of nitrogens with one attached hydrogen (secondary N) is 3. The minimum Gasteiger partial charge on any atom is -0.324 e. The first-order chi connectivity index (χ1) is 10.5. The largest absolute Gasteiger partial charge is 0.324 e. The van der Waals surface area contributed by atoms with Gasteiger partial charge in [-0.15, -0.1) is 0 Å². The minimum atomic E-state index is -0.571. The molecule has 0 bridgehead atoms. The van der Waals surface area contributed by atoms with Gasteiger partial charge in [0.05, 0.1) is 5.69 Å². The summed E-state index contributed by atoms with van der Waals surface area (Å²) in [5.41, 5.74) is 1.52. The summed E-state index contributed by atoms with van der Waals surface area (Å²) in [6.07, 6.45) is 1.75. The molecule has 0 aliphatic carbocycles. The maximum atomic E-state index is 13.5. The van der Waals surface area contributed by atoms with E-state index in [1.165, 1.54) is 25.1 Å². The van der Waals surface area contributed by atoms with Crippen molar-refractivity contribution in [2.75, 3.05) is 10.6 Å². The highest BCUT2D eigenvalue weighted by Crippen LogP contribution is 2.20. The molecule has 3 N–H and O–H groups in total. The number of amides is 2. The fourth-order valence-corrected chi connectivity index (χ4v) is 1.96. The van der Waals surface area contributed by atoms with Gasteiger partial charge in [0.15, 0.2) is 5.69 Å². The zero-order valence-corrected chi connectivity index (χ0v) is 12.4. The summed E-state index contributed by atoms with van der Waals surface area (Å²) < 4.78 is 13.5. The number of hydrogen-bond acceptors (Lipinski definition) is 3. The second kappa shape index (κ2) is 6.84. The lowest BCUT2D eigenvalue weighted by molar-refractivity contribution is -0.114. The third-order valence-corrected chi connectivity index (χ3v) is 2.92. The first kappa shape index (κ1) is 15.7. The van der Waals surface area contributed by atoms with Crippen molar-refractivity contribution < 1.29 is 14.0 Å². The molecule has 0 saturated carbocycles. The number of hydrogen-bond donors (Lipinski definition) is 3. The Balaban J connectivity index is 2.12. The molecule has 0 aliphatic heterocycles. The van der Waals surface area contributed by atoms with Crippen LogP contribution in [0.1, 0.15) is 36.5 Å². The summed E-state index contributed by atoms with van der Waals surface area (Å²) in [7, 11) is 0. The van der Waals surface area contributed by atoms with Crippen LogP contribution in [0.15, 0.2) is 24.3 Å². The van der Waals surface area contributed by atoms with E-state index in [0.717, 1.165) is 18.5 Å². The molecule has 6 nitrogen and oxygen atoms in total. The molecule has 22 heavy (non-hydrogen) atoms. The number of nitrogens with zero attached hydrogens (tertiary/aromatic N) is 1. The molecule has 0 aliphatic rings. The molecule has 116 valence electrons. The Morgan fingerprint density at radius 2 is 2.05 bits per heavy atom. The first-order valence-electron chi connectivity index (χ1n) is 6.92. The Kier molecular flexibility index (Phi) is 4.88. The molecule has 2 aromatic rings. The van der Waals surface area contributed by atoms with Crippen molar-refractivity contribution in [2.24, 2.45) is 0 Å². The molecule has 7 heteroatoms. The lowest BCUT2D eigenvalue weighted by atomic mass is 10.2. The summed E-state index contributed by atoms with van der Waals surface area (Å²) in [6.45, 7) is 3.31. The van der Waals surface area contributed by atoms with Gasteiger partial charge in [-0.2, -0.15) is 5.10 Å². The zero-order chi connectivity index (χ0) is 16.1. The molecule has 1 heterocycles. The second-order valence-corrected chi connectivity index (χ2v) is 4.86. The molecule has 2 amide bonds. The van der Waals surface area contributed by atoms with Crippen molar-refractivity contribution in [3.8, 4) is 0 Å². The van der Waals surface area contributed by atoms with E-state index in [4.69, 9.17) is 0 Å². The van der Waals surface area contributed by atoms with E-state index in [9.17, 15) is 14.0 Å². The predicted octanol–water partition coefficient (Wildman–Crippen LogP) is 2.71. The highest BCUT2D eigenvalue weighted by molar-refractivity contribution is 6.03. The van der Waals surface area contributed by atoms with Crippen LogP contribution in [0.25, 0.3) is 0 Å². The van der Waals surface area contributed by atoms with Crippen molar-refractivity contribution in [3.05, 3.63) is 41.5 Å². The quantitative estimate of drug-likeness (QED) is 0.793. The van der Waals surface area contributed by atoms with Crippen molar-refractivity contribution in [2.45, 2.75) is 26.7 Å². The molecule has 0 saturated heterocycles. The van der Waals surface area contributed by atoms with Gasteiger partial charge in [0.25, 0.3) is 5.91 Å². The predicted molar refractivity (Wildman–Crippen MR) is 81.2 cm³/mol. The number of halogens is 1. The number of aromatic nitrogens is 2. The summed E-state index contributed by atoms with van der Waals surface area (Å²) in [5.74, 6) is -1.36. The van der Waals surface area contributed by atoms with Crippen LogP contribution >= 0.6 is 0 Å². The van der Waals surface area contributed by atoms with Crippen LogP contribution in [0.5, 0.6) is 0 Å². The first-order valence-corrected chi connectivity index (χ1v) is 6.92. The number of H-pyrrole nitrogens is 1. The summed E-state index contributed by atoms with van der Waals surface area (Å²) in [5, 5.41) is 11.7. The van der Waals surface area contributed by atoms with E-state index in [1.54, 1.807) is 6.07 Å². The van der Waals surface area contributed by atoms with Gasteiger partial charge < -0.3 is 10.6 Å². The van der Waals surface area contributed by atoms with Gasteiger partial charge in [-0.3, -0.25) is 14.7 Å². The van der Waals surface area contributed by atoms with E-state index >= 15 is 0 Å². The smallest absolute Gasteiger partial charge is 0.276 e. The van der Waals surface area contributed by atoms with Gasteiger partial charge in [0, 0.05) is 18.3 Å². The second-order valence-electron chi connectivity index (χ2n) is 4.86. The molecule has 0 unspecified atom stereocenters. The standard InChI is InChI=1S/C15H17FN4O2/c1-3-4-11-8-14(20-19-11)15(22)18-10-5-6-12(16)13(7-10)17-9(2)21/h5-8H,3-4H2,1-2H3,(H,17,21)(H,18,22)(H,19,20). The fourth-order valence-electron chi connectivity index (χ4n) is 1.96. The van der Waals surface area contributed by atoms with Gasteiger partial charge in [0.1, 0.15) is 5.82 Å².